The minimum atomic E-state index is -0.438. The van der Waals surface area contributed by atoms with Crippen molar-refractivity contribution in [2.45, 2.75) is 9.79 Å². The molecule has 0 aliphatic carbocycles. The summed E-state index contributed by atoms with van der Waals surface area (Å²) in [7, 11) is 0. The number of nitrogens with zero attached hydrogens (tertiary/aromatic N) is 5. The van der Waals surface area contributed by atoms with Gasteiger partial charge < -0.3 is 0 Å². The van der Waals surface area contributed by atoms with Gasteiger partial charge in [-0.05, 0) is 30.3 Å². The summed E-state index contributed by atoms with van der Waals surface area (Å²) in [6.45, 7) is 0. The second kappa shape index (κ2) is 7.24. The van der Waals surface area contributed by atoms with Gasteiger partial charge in [-0.25, -0.2) is 4.68 Å². The first-order valence-electron chi connectivity index (χ1n) is 6.73. The SMILES string of the molecule is O=[N+]([O-])c1ccc(Sc2ccc(Cl)cc2)c(/C=N/n2cnnc2)c1. The average Bonchev–Trinajstić information content (AvgIpc) is 3.09. The van der Waals surface area contributed by atoms with Gasteiger partial charge in [-0.3, -0.25) is 10.1 Å². The van der Waals surface area contributed by atoms with Crippen molar-refractivity contribution < 1.29 is 4.92 Å². The van der Waals surface area contributed by atoms with Gasteiger partial charge in [-0.1, -0.05) is 23.4 Å². The Balaban J connectivity index is 1.94. The highest BCUT2D eigenvalue weighted by atomic mass is 35.5. The lowest BCUT2D eigenvalue weighted by atomic mass is 10.2. The summed E-state index contributed by atoms with van der Waals surface area (Å²) < 4.78 is 1.41. The topological polar surface area (TPSA) is 86.2 Å². The first-order chi connectivity index (χ1) is 11.6. The van der Waals surface area contributed by atoms with E-state index in [-0.39, 0.29) is 5.69 Å². The third-order valence-electron chi connectivity index (χ3n) is 2.98. The van der Waals surface area contributed by atoms with E-state index < -0.39 is 4.92 Å². The molecule has 24 heavy (non-hydrogen) atoms. The Bertz CT molecular complexity index is 881. The maximum Gasteiger partial charge on any atom is 0.270 e. The quantitative estimate of drug-likeness (QED) is 0.392. The number of hydrogen-bond acceptors (Lipinski definition) is 6. The average molecular weight is 360 g/mol. The first-order valence-corrected chi connectivity index (χ1v) is 7.92. The van der Waals surface area contributed by atoms with E-state index in [2.05, 4.69) is 15.3 Å². The lowest BCUT2D eigenvalue weighted by Crippen LogP contribution is -1.94. The molecule has 0 saturated carbocycles. The molecule has 0 bridgehead atoms. The molecule has 9 heteroatoms. The maximum atomic E-state index is 11.0. The fraction of sp³-hybridized carbons (Fsp3) is 0. The normalized spacial score (nSPS) is 11.0. The Morgan fingerprint density at radius 1 is 1.17 bits per heavy atom. The van der Waals surface area contributed by atoms with Crippen LogP contribution in [0.25, 0.3) is 0 Å². The van der Waals surface area contributed by atoms with Gasteiger partial charge >= 0.3 is 0 Å². The second-order valence-electron chi connectivity index (χ2n) is 4.62. The van der Waals surface area contributed by atoms with Crippen molar-refractivity contribution in [3.8, 4) is 0 Å². The monoisotopic (exact) mass is 359 g/mol. The van der Waals surface area contributed by atoms with Crippen molar-refractivity contribution in [3.63, 3.8) is 0 Å². The summed E-state index contributed by atoms with van der Waals surface area (Å²) in [5.41, 5.74) is 0.624. The van der Waals surface area contributed by atoms with Gasteiger partial charge in [-0.15, -0.1) is 10.2 Å². The van der Waals surface area contributed by atoms with E-state index in [1.54, 1.807) is 18.2 Å². The van der Waals surface area contributed by atoms with Gasteiger partial charge in [0, 0.05) is 32.5 Å². The molecular formula is C15H10ClN5O2S. The Kier molecular flexibility index (Phi) is 4.88. The van der Waals surface area contributed by atoms with Crippen molar-refractivity contribution in [1.82, 2.24) is 14.9 Å². The number of benzene rings is 2. The van der Waals surface area contributed by atoms with Crippen LogP contribution in [0.2, 0.25) is 5.02 Å². The van der Waals surface area contributed by atoms with Crippen molar-refractivity contribution in [2.75, 3.05) is 0 Å². The molecule has 1 heterocycles. The maximum absolute atomic E-state index is 11.0. The Hall–Kier alpha value is -2.71. The van der Waals surface area contributed by atoms with Crippen molar-refractivity contribution in [1.29, 1.82) is 0 Å². The number of nitro benzene ring substituents is 1. The third kappa shape index (κ3) is 3.98. The summed E-state index contributed by atoms with van der Waals surface area (Å²) in [6, 6.07) is 12.0. The minimum absolute atomic E-state index is 0.000613. The second-order valence-corrected chi connectivity index (χ2v) is 6.17. The fourth-order valence-corrected chi connectivity index (χ4v) is 2.87. The number of nitro groups is 1. The predicted octanol–water partition coefficient (Wildman–Crippen LogP) is 3.87. The van der Waals surface area contributed by atoms with Crippen LogP contribution in [0, 0.1) is 10.1 Å². The molecule has 1 aromatic heterocycles. The highest BCUT2D eigenvalue weighted by molar-refractivity contribution is 7.99. The van der Waals surface area contributed by atoms with Crippen LogP contribution in [0.4, 0.5) is 5.69 Å². The molecule has 0 unspecified atom stereocenters. The van der Waals surface area contributed by atoms with Crippen LogP contribution >= 0.6 is 23.4 Å². The van der Waals surface area contributed by atoms with Gasteiger partial charge in [0.2, 0.25) is 0 Å². The zero-order valence-corrected chi connectivity index (χ0v) is 13.7. The van der Waals surface area contributed by atoms with E-state index in [0.717, 1.165) is 9.79 Å². The summed E-state index contributed by atoms with van der Waals surface area (Å²) >= 11 is 7.36. The molecule has 0 N–H and O–H groups in total. The molecule has 0 atom stereocenters. The van der Waals surface area contributed by atoms with Crippen LogP contribution in [-0.2, 0) is 0 Å². The molecule has 0 aliphatic heterocycles. The first kappa shape index (κ1) is 16.2. The zero-order chi connectivity index (χ0) is 16.9. The number of rotatable bonds is 5. The molecule has 0 saturated heterocycles. The van der Waals surface area contributed by atoms with Crippen molar-refractivity contribution >= 4 is 35.3 Å². The van der Waals surface area contributed by atoms with E-state index in [1.807, 2.05) is 12.1 Å². The van der Waals surface area contributed by atoms with E-state index >= 15 is 0 Å². The largest absolute Gasteiger partial charge is 0.270 e. The van der Waals surface area contributed by atoms with Crippen LogP contribution in [0.15, 0.2) is 70.0 Å². The van der Waals surface area contributed by atoms with Gasteiger partial charge in [0.25, 0.3) is 5.69 Å². The Labute approximate surface area is 146 Å². The van der Waals surface area contributed by atoms with E-state index in [1.165, 1.54) is 47.4 Å². The molecule has 0 spiro atoms. The van der Waals surface area contributed by atoms with Gasteiger partial charge in [0.15, 0.2) is 0 Å². The molecule has 0 aliphatic rings. The highest BCUT2D eigenvalue weighted by Crippen LogP contribution is 2.32. The molecule has 0 fully saturated rings. The summed E-state index contributed by atoms with van der Waals surface area (Å²) in [6.07, 6.45) is 4.40. The van der Waals surface area contributed by atoms with Crippen LogP contribution in [0.1, 0.15) is 5.56 Å². The number of non-ortho nitro benzene ring substituents is 1. The number of halogens is 1. The standard InChI is InChI=1S/C15H10ClN5O2S/c16-12-1-4-14(5-2-12)24-15-6-3-13(21(22)23)7-11(15)8-19-20-9-17-18-10-20/h1-10H/b19-8+. The zero-order valence-electron chi connectivity index (χ0n) is 12.1. The van der Waals surface area contributed by atoms with Crippen LogP contribution in [0.3, 0.4) is 0 Å². The number of hydrogen-bond donors (Lipinski definition) is 0. The third-order valence-corrected chi connectivity index (χ3v) is 4.33. The molecule has 120 valence electrons. The minimum Gasteiger partial charge on any atom is -0.258 e. The van der Waals surface area contributed by atoms with E-state index in [9.17, 15) is 10.1 Å². The number of aromatic nitrogens is 3. The smallest absolute Gasteiger partial charge is 0.258 e. The van der Waals surface area contributed by atoms with Crippen LogP contribution in [0.5, 0.6) is 0 Å². The Morgan fingerprint density at radius 3 is 2.54 bits per heavy atom. The van der Waals surface area contributed by atoms with E-state index in [0.29, 0.717) is 10.6 Å². The summed E-state index contributed by atoms with van der Waals surface area (Å²) in [5.74, 6) is 0. The highest BCUT2D eigenvalue weighted by Gasteiger charge is 2.11. The lowest BCUT2D eigenvalue weighted by Gasteiger charge is -2.06. The molecule has 3 aromatic rings. The van der Waals surface area contributed by atoms with Crippen LogP contribution < -0.4 is 0 Å². The van der Waals surface area contributed by atoms with Gasteiger partial charge in [0.05, 0.1) is 11.1 Å². The Morgan fingerprint density at radius 2 is 1.88 bits per heavy atom. The summed E-state index contributed by atoms with van der Waals surface area (Å²) in [5, 5.41) is 23.1. The predicted molar refractivity (Wildman–Crippen MR) is 91.7 cm³/mol. The van der Waals surface area contributed by atoms with Gasteiger partial charge in [-0.2, -0.15) is 5.10 Å². The van der Waals surface area contributed by atoms with Gasteiger partial charge in [0.1, 0.15) is 12.7 Å². The molecule has 7 nitrogen and oxygen atoms in total. The van der Waals surface area contributed by atoms with Crippen molar-refractivity contribution in [3.05, 3.63) is 75.8 Å². The lowest BCUT2D eigenvalue weighted by molar-refractivity contribution is -0.384. The molecule has 0 radical (unpaired) electrons. The van der Waals surface area contributed by atoms with E-state index in [4.69, 9.17) is 11.6 Å². The molecular weight excluding hydrogens is 350 g/mol. The van der Waals surface area contributed by atoms with Crippen LogP contribution in [-0.4, -0.2) is 26.0 Å². The fourth-order valence-electron chi connectivity index (χ4n) is 1.86. The van der Waals surface area contributed by atoms with Crippen molar-refractivity contribution in [2.24, 2.45) is 5.10 Å². The summed E-state index contributed by atoms with van der Waals surface area (Å²) in [4.78, 5) is 12.4. The molecule has 0 amide bonds. The molecule has 3 rings (SSSR count). The molecule has 2 aromatic carbocycles.